The lowest BCUT2D eigenvalue weighted by Gasteiger charge is -2.09. The first-order chi connectivity index (χ1) is 13.6. The lowest BCUT2D eigenvalue weighted by Crippen LogP contribution is -2.04. The number of anilines is 1. The molecule has 28 heavy (non-hydrogen) atoms. The van der Waals surface area contributed by atoms with Crippen molar-refractivity contribution in [3.63, 3.8) is 0 Å². The van der Waals surface area contributed by atoms with Gasteiger partial charge in [0.25, 0.3) is 0 Å². The van der Waals surface area contributed by atoms with E-state index < -0.39 is 0 Å². The standard InChI is InChI=1S/C22H20BrFN4/c1-2-13-28-21(16-5-7-17(23)8-6-16)26-19-11-12-20(27-22(19)28)25-14-15-3-9-18(24)10-4-15/h3-12H,2,13-14H2,1H3,(H,25,27). The summed E-state index contributed by atoms with van der Waals surface area (Å²) in [5, 5.41) is 3.32. The fourth-order valence-electron chi connectivity index (χ4n) is 3.15. The molecule has 142 valence electrons. The summed E-state index contributed by atoms with van der Waals surface area (Å²) in [5.41, 5.74) is 3.80. The zero-order valence-corrected chi connectivity index (χ0v) is 17.1. The van der Waals surface area contributed by atoms with E-state index in [1.165, 1.54) is 12.1 Å². The van der Waals surface area contributed by atoms with Crippen LogP contribution in [0.5, 0.6) is 0 Å². The molecule has 0 saturated carbocycles. The third-order valence-electron chi connectivity index (χ3n) is 4.53. The van der Waals surface area contributed by atoms with Crippen LogP contribution in [0.4, 0.5) is 10.2 Å². The third kappa shape index (κ3) is 3.92. The van der Waals surface area contributed by atoms with Crippen molar-refractivity contribution in [2.45, 2.75) is 26.4 Å². The molecule has 4 nitrogen and oxygen atoms in total. The van der Waals surface area contributed by atoms with Gasteiger partial charge in [0.15, 0.2) is 5.65 Å². The van der Waals surface area contributed by atoms with Gasteiger partial charge in [0.2, 0.25) is 0 Å². The van der Waals surface area contributed by atoms with E-state index in [1.807, 2.05) is 24.3 Å². The highest BCUT2D eigenvalue weighted by atomic mass is 79.9. The van der Waals surface area contributed by atoms with Gasteiger partial charge < -0.3 is 9.88 Å². The van der Waals surface area contributed by atoms with Crippen molar-refractivity contribution in [1.29, 1.82) is 0 Å². The SMILES string of the molecule is CCCn1c(-c2ccc(Br)cc2)nc2ccc(NCc3ccc(F)cc3)nc21. The summed E-state index contributed by atoms with van der Waals surface area (Å²) in [5.74, 6) is 1.47. The van der Waals surface area contributed by atoms with E-state index in [0.29, 0.717) is 6.54 Å². The normalized spacial score (nSPS) is 11.1. The molecule has 4 aromatic rings. The van der Waals surface area contributed by atoms with E-state index in [0.717, 1.165) is 51.4 Å². The van der Waals surface area contributed by atoms with E-state index >= 15 is 0 Å². The number of rotatable bonds is 6. The summed E-state index contributed by atoms with van der Waals surface area (Å²) in [4.78, 5) is 9.61. The van der Waals surface area contributed by atoms with Crippen molar-refractivity contribution in [2.24, 2.45) is 0 Å². The van der Waals surface area contributed by atoms with Gasteiger partial charge in [-0.15, -0.1) is 0 Å². The topological polar surface area (TPSA) is 42.7 Å². The summed E-state index contributed by atoms with van der Waals surface area (Å²) in [6.45, 7) is 3.57. The predicted molar refractivity (Wildman–Crippen MR) is 115 cm³/mol. The Morgan fingerprint density at radius 1 is 0.964 bits per heavy atom. The monoisotopic (exact) mass is 438 g/mol. The Morgan fingerprint density at radius 3 is 2.43 bits per heavy atom. The van der Waals surface area contributed by atoms with Crippen molar-refractivity contribution < 1.29 is 4.39 Å². The Morgan fingerprint density at radius 2 is 1.71 bits per heavy atom. The van der Waals surface area contributed by atoms with Crippen molar-refractivity contribution in [3.05, 3.63) is 76.5 Å². The van der Waals surface area contributed by atoms with Crippen LogP contribution in [0.25, 0.3) is 22.6 Å². The van der Waals surface area contributed by atoms with Gasteiger partial charge in [-0.2, -0.15) is 0 Å². The number of pyridine rings is 1. The van der Waals surface area contributed by atoms with Crippen LogP contribution in [0.15, 0.2) is 65.1 Å². The molecule has 6 heteroatoms. The zero-order chi connectivity index (χ0) is 19.5. The minimum absolute atomic E-state index is 0.229. The maximum absolute atomic E-state index is 13.1. The molecule has 0 fully saturated rings. The number of imidazole rings is 1. The van der Waals surface area contributed by atoms with Crippen LogP contribution in [0.3, 0.4) is 0 Å². The average Bonchev–Trinajstić information content (AvgIpc) is 3.06. The van der Waals surface area contributed by atoms with Gasteiger partial charge in [-0.25, -0.2) is 14.4 Å². The molecule has 0 spiro atoms. The van der Waals surface area contributed by atoms with Crippen LogP contribution in [0.2, 0.25) is 0 Å². The first kappa shape index (κ1) is 18.6. The van der Waals surface area contributed by atoms with Gasteiger partial charge in [0.1, 0.15) is 23.0 Å². The lowest BCUT2D eigenvalue weighted by molar-refractivity contribution is 0.627. The first-order valence-electron chi connectivity index (χ1n) is 9.25. The second kappa shape index (κ2) is 8.10. The number of halogens is 2. The maximum atomic E-state index is 13.1. The quantitative estimate of drug-likeness (QED) is 0.400. The molecule has 0 bridgehead atoms. The predicted octanol–water partition coefficient (Wildman–Crippen LogP) is 6.02. The summed E-state index contributed by atoms with van der Waals surface area (Å²) in [6.07, 6.45) is 0.990. The van der Waals surface area contributed by atoms with Crippen LogP contribution in [0.1, 0.15) is 18.9 Å². The number of hydrogen-bond acceptors (Lipinski definition) is 3. The number of nitrogens with one attached hydrogen (secondary N) is 1. The zero-order valence-electron chi connectivity index (χ0n) is 15.5. The number of aryl methyl sites for hydroxylation is 1. The molecule has 0 aliphatic rings. The van der Waals surface area contributed by atoms with Crippen LogP contribution in [-0.2, 0) is 13.1 Å². The van der Waals surface area contributed by atoms with Gasteiger partial charge >= 0.3 is 0 Å². The molecule has 1 N–H and O–H groups in total. The third-order valence-corrected chi connectivity index (χ3v) is 5.06. The minimum Gasteiger partial charge on any atom is -0.366 e. The molecule has 0 unspecified atom stereocenters. The van der Waals surface area contributed by atoms with Gasteiger partial charge in [0, 0.05) is 23.1 Å². The molecule has 4 rings (SSSR count). The molecule has 0 aliphatic carbocycles. The number of nitrogens with zero attached hydrogens (tertiary/aromatic N) is 3. The molecule has 2 aromatic heterocycles. The first-order valence-corrected chi connectivity index (χ1v) is 10.0. The van der Waals surface area contributed by atoms with Gasteiger partial charge in [-0.3, -0.25) is 0 Å². The summed E-state index contributed by atoms with van der Waals surface area (Å²) in [6, 6.07) is 18.6. The summed E-state index contributed by atoms with van der Waals surface area (Å²) >= 11 is 3.48. The lowest BCUT2D eigenvalue weighted by atomic mass is 10.2. The number of hydrogen-bond donors (Lipinski definition) is 1. The van der Waals surface area contributed by atoms with E-state index in [4.69, 9.17) is 9.97 Å². The van der Waals surface area contributed by atoms with Gasteiger partial charge in [-0.1, -0.05) is 47.1 Å². The van der Waals surface area contributed by atoms with Crippen molar-refractivity contribution in [1.82, 2.24) is 14.5 Å². The Bertz CT molecular complexity index is 1090. The van der Waals surface area contributed by atoms with Crippen molar-refractivity contribution >= 4 is 32.9 Å². The fraction of sp³-hybridized carbons (Fsp3) is 0.182. The fourth-order valence-corrected chi connectivity index (χ4v) is 3.41. The van der Waals surface area contributed by atoms with Crippen molar-refractivity contribution in [2.75, 3.05) is 5.32 Å². The Hall–Kier alpha value is -2.73. The second-order valence-electron chi connectivity index (χ2n) is 6.61. The highest BCUT2D eigenvalue weighted by molar-refractivity contribution is 9.10. The average molecular weight is 439 g/mol. The minimum atomic E-state index is -0.229. The molecular weight excluding hydrogens is 419 g/mol. The Balaban J connectivity index is 1.66. The number of benzene rings is 2. The van der Waals surface area contributed by atoms with Gasteiger partial charge in [0.05, 0.1) is 0 Å². The molecule has 0 aliphatic heterocycles. The highest BCUT2D eigenvalue weighted by Crippen LogP contribution is 2.26. The smallest absolute Gasteiger partial charge is 0.162 e. The maximum Gasteiger partial charge on any atom is 0.162 e. The largest absolute Gasteiger partial charge is 0.366 e. The Kier molecular flexibility index (Phi) is 5.39. The van der Waals surface area contributed by atoms with Gasteiger partial charge in [-0.05, 0) is 48.4 Å². The molecule has 0 saturated heterocycles. The molecule has 0 radical (unpaired) electrons. The van der Waals surface area contributed by atoms with E-state index in [-0.39, 0.29) is 5.82 Å². The van der Waals surface area contributed by atoms with Crippen LogP contribution >= 0.6 is 15.9 Å². The van der Waals surface area contributed by atoms with E-state index in [2.05, 4.69) is 44.9 Å². The summed E-state index contributed by atoms with van der Waals surface area (Å²) in [7, 11) is 0. The van der Waals surface area contributed by atoms with E-state index in [1.54, 1.807) is 12.1 Å². The molecule has 2 aromatic carbocycles. The number of aromatic nitrogens is 3. The molecule has 2 heterocycles. The second-order valence-corrected chi connectivity index (χ2v) is 7.53. The van der Waals surface area contributed by atoms with Crippen LogP contribution in [-0.4, -0.2) is 14.5 Å². The molecule has 0 amide bonds. The highest BCUT2D eigenvalue weighted by Gasteiger charge is 2.14. The van der Waals surface area contributed by atoms with E-state index in [9.17, 15) is 4.39 Å². The summed E-state index contributed by atoms with van der Waals surface area (Å²) < 4.78 is 16.3. The van der Waals surface area contributed by atoms with Crippen molar-refractivity contribution in [3.8, 4) is 11.4 Å². The van der Waals surface area contributed by atoms with Crippen LogP contribution in [0, 0.1) is 5.82 Å². The molecule has 0 atom stereocenters. The Labute approximate surface area is 171 Å². The van der Waals surface area contributed by atoms with Crippen LogP contribution < -0.4 is 5.32 Å². The number of fused-ring (bicyclic) bond motifs is 1. The molecular formula is C22H20BrFN4.